The molecule has 164 valence electrons. The van der Waals surface area contributed by atoms with Crippen molar-refractivity contribution in [3.8, 4) is 0 Å². The summed E-state index contributed by atoms with van der Waals surface area (Å²) < 4.78 is 6.78. The lowest BCUT2D eigenvalue weighted by Gasteiger charge is -2.58. The van der Waals surface area contributed by atoms with Gasteiger partial charge in [-0.25, -0.2) is 0 Å². The lowest BCUT2D eigenvalue weighted by Crippen LogP contribution is -2.55. The van der Waals surface area contributed by atoms with Crippen LogP contribution < -0.4 is 0 Å². The summed E-state index contributed by atoms with van der Waals surface area (Å²) >= 11 is 0. The molecule has 3 fully saturated rings. The van der Waals surface area contributed by atoms with Gasteiger partial charge in [0.1, 0.15) is 5.78 Å². The highest BCUT2D eigenvalue weighted by Crippen LogP contribution is 2.64. The lowest BCUT2D eigenvalue weighted by atomic mass is 9.47. The van der Waals surface area contributed by atoms with Crippen molar-refractivity contribution in [3.05, 3.63) is 11.6 Å². The summed E-state index contributed by atoms with van der Waals surface area (Å²) in [7, 11) is -1.79. The van der Waals surface area contributed by atoms with Crippen LogP contribution in [0.2, 0.25) is 18.1 Å². The first kappa shape index (κ1) is 21.8. The van der Waals surface area contributed by atoms with Gasteiger partial charge in [-0.3, -0.25) is 4.79 Å². The molecule has 0 radical (unpaired) electrons. The van der Waals surface area contributed by atoms with E-state index < -0.39 is 14.4 Å². The third-order valence-electron chi connectivity index (χ3n) is 10.1. The maximum atomic E-state index is 12.6. The van der Waals surface area contributed by atoms with E-state index in [-0.39, 0.29) is 21.8 Å². The molecule has 4 aliphatic rings. The average Bonchev–Trinajstić information content (AvgIpc) is 2.90. The summed E-state index contributed by atoms with van der Waals surface area (Å²) in [6.07, 6.45) is 9.13. The van der Waals surface area contributed by atoms with Gasteiger partial charge >= 0.3 is 0 Å². The second kappa shape index (κ2) is 6.77. The van der Waals surface area contributed by atoms with Crippen LogP contribution >= 0.6 is 0 Å². The molecule has 3 saturated carbocycles. The van der Waals surface area contributed by atoms with E-state index in [4.69, 9.17) is 4.43 Å². The first-order valence-corrected chi connectivity index (χ1v) is 14.8. The molecule has 7 atom stereocenters. The van der Waals surface area contributed by atoms with Crippen molar-refractivity contribution in [1.29, 1.82) is 0 Å². The van der Waals surface area contributed by atoms with E-state index in [9.17, 15) is 9.90 Å². The average molecular weight is 419 g/mol. The van der Waals surface area contributed by atoms with Crippen molar-refractivity contribution >= 4 is 14.1 Å². The number of fused-ring (bicyclic) bond motifs is 5. The van der Waals surface area contributed by atoms with E-state index in [1.54, 1.807) is 0 Å². The van der Waals surface area contributed by atoms with Crippen molar-refractivity contribution in [2.75, 3.05) is 0 Å². The maximum absolute atomic E-state index is 12.6. The minimum Gasteiger partial charge on any atom is -0.414 e. The van der Waals surface area contributed by atoms with Gasteiger partial charge in [-0.2, -0.15) is 0 Å². The molecule has 0 spiro atoms. The van der Waals surface area contributed by atoms with Gasteiger partial charge < -0.3 is 9.53 Å². The fourth-order valence-corrected chi connectivity index (χ4v) is 8.47. The Morgan fingerprint density at radius 3 is 2.34 bits per heavy atom. The minimum absolute atomic E-state index is 0.171. The van der Waals surface area contributed by atoms with Crippen LogP contribution in [0.3, 0.4) is 0 Å². The smallest absolute Gasteiger partial charge is 0.192 e. The summed E-state index contributed by atoms with van der Waals surface area (Å²) in [5.74, 6) is 1.57. The lowest BCUT2D eigenvalue weighted by molar-refractivity contribution is -0.135. The molecule has 0 aromatic carbocycles. The summed E-state index contributed by atoms with van der Waals surface area (Å²) in [5.41, 5.74) is 1.42. The first-order valence-electron chi connectivity index (χ1n) is 11.9. The van der Waals surface area contributed by atoms with Crippen molar-refractivity contribution < 1.29 is 14.3 Å². The number of aliphatic hydroxyl groups excluding tert-OH is 1. The Morgan fingerprint density at radius 2 is 1.69 bits per heavy atom. The van der Waals surface area contributed by atoms with Crippen LogP contribution in [-0.2, 0) is 9.22 Å². The van der Waals surface area contributed by atoms with Gasteiger partial charge in [0.2, 0.25) is 0 Å². The predicted octanol–water partition coefficient (Wildman–Crippen LogP) is 5.88. The molecule has 0 aromatic rings. The number of Topliss-reactive ketones (excluding diaryl/α,β-unsaturated/α-hetero) is 1. The van der Waals surface area contributed by atoms with E-state index in [0.29, 0.717) is 30.1 Å². The highest BCUT2D eigenvalue weighted by molar-refractivity contribution is 6.74. The molecule has 4 heteroatoms. The second-order valence-corrected chi connectivity index (χ2v) is 17.3. The van der Waals surface area contributed by atoms with Crippen LogP contribution in [-0.4, -0.2) is 31.4 Å². The molecule has 0 saturated heterocycles. The number of aliphatic hydroxyl groups is 1. The molecule has 4 aliphatic carbocycles. The number of carbonyl (C=O) groups is 1. The zero-order chi connectivity index (χ0) is 21.4. The Balaban J connectivity index is 1.58. The van der Waals surface area contributed by atoms with E-state index in [1.807, 2.05) is 0 Å². The second-order valence-electron chi connectivity index (χ2n) is 12.6. The molecule has 4 rings (SSSR count). The number of hydrogen-bond acceptors (Lipinski definition) is 3. The van der Waals surface area contributed by atoms with Crippen LogP contribution in [0.4, 0.5) is 0 Å². The van der Waals surface area contributed by atoms with E-state index in [1.165, 1.54) is 5.57 Å². The molecular weight excluding hydrogens is 376 g/mol. The van der Waals surface area contributed by atoms with Crippen LogP contribution in [0.5, 0.6) is 0 Å². The molecule has 1 N–H and O–H groups in total. The quantitative estimate of drug-likeness (QED) is 0.450. The molecule has 0 aromatic heterocycles. The van der Waals surface area contributed by atoms with Gasteiger partial charge in [0.25, 0.3) is 0 Å². The van der Waals surface area contributed by atoms with Crippen LogP contribution in [0.25, 0.3) is 0 Å². The fourth-order valence-electron chi connectivity index (χ4n) is 7.08. The molecule has 0 heterocycles. The van der Waals surface area contributed by atoms with Gasteiger partial charge in [-0.05, 0) is 79.8 Å². The Morgan fingerprint density at radius 1 is 1.07 bits per heavy atom. The van der Waals surface area contributed by atoms with Gasteiger partial charge in [0, 0.05) is 17.9 Å². The number of ketones is 1. The molecule has 0 unspecified atom stereocenters. The number of hydrogen-bond donors (Lipinski definition) is 1. The molecular formula is C25H42O3Si. The summed E-state index contributed by atoms with van der Waals surface area (Å²) in [5, 5.41) is 11.5. The SMILES string of the molecule is CC(C)(C)[Si](C)(C)O[C@H]1CC[C@@]2(C)C(=C[C@@H](O)[C@@H]3[C@@H]2CC[C@]2(C)C(=O)CC[C@@H]32)C1. The number of carbonyl (C=O) groups excluding carboxylic acids is 1. The highest BCUT2D eigenvalue weighted by atomic mass is 28.4. The molecule has 0 amide bonds. The van der Waals surface area contributed by atoms with Crippen molar-refractivity contribution in [2.24, 2.45) is 28.6 Å². The summed E-state index contributed by atoms with van der Waals surface area (Å²) in [6, 6.07) is 0. The standard InChI is InChI=1S/C25H42O3Si/c1-23(2,3)29(6,7)28-17-10-12-24(4)16(14-17)15-20(26)22-18-8-9-21(27)25(18,5)13-11-19(22)24/h15,17-20,22,26H,8-14H2,1-7H3/t17-,18-,19-,20+,22-,24-,25-/m0/s1. The van der Waals surface area contributed by atoms with Crippen molar-refractivity contribution in [3.63, 3.8) is 0 Å². The van der Waals surface area contributed by atoms with Crippen molar-refractivity contribution in [1.82, 2.24) is 0 Å². The molecule has 29 heavy (non-hydrogen) atoms. The first-order chi connectivity index (χ1) is 13.3. The molecule has 3 nitrogen and oxygen atoms in total. The number of rotatable bonds is 2. The summed E-state index contributed by atoms with van der Waals surface area (Å²) in [6.45, 7) is 16.2. The summed E-state index contributed by atoms with van der Waals surface area (Å²) in [4.78, 5) is 12.6. The Kier molecular flexibility index (Phi) is 5.08. The monoisotopic (exact) mass is 418 g/mol. The van der Waals surface area contributed by atoms with Gasteiger partial charge in [-0.15, -0.1) is 0 Å². The third-order valence-corrected chi connectivity index (χ3v) is 14.6. The minimum atomic E-state index is -1.79. The third kappa shape index (κ3) is 3.24. The topological polar surface area (TPSA) is 46.5 Å². The van der Waals surface area contributed by atoms with Gasteiger partial charge in [0.05, 0.1) is 6.10 Å². The molecule has 0 bridgehead atoms. The predicted molar refractivity (Wildman–Crippen MR) is 120 cm³/mol. The van der Waals surface area contributed by atoms with E-state index >= 15 is 0 Å². The van der Waals surface area contributed by atoms with E-state index in [2.05, 4.69) is 53.8 Å². The Hall–Kier alpha value is -0.453. The van der Waals surface area contributed by atoms with Gasteiger partial charge in [-0.1, -0.05) is 46.3 Å². The van der Waals surface area contributed by atoms with Gasteiger partial charge in [0.15, 0.2) is 8.32 Å². The maximum Gasteiger partial charge on any atom is 0.192 e. The fraction of sp³-hybridized carbons (Fsp3) is 0.880. The van der Waals surface area contributed by atoms with Crippen LogP contribution in [0.15, 0.2) is 11.6 Å². The normalized spacial score (nSPS) is 45.3. The highest BCUT2D eigenvalue weighted by Gasteiger charge is 2.60. The van der Waals surface area contributed by atoms with Crippen molar-refractivity contribution in [2.45, 2.75) is 110 Å². The Labute approximate surface area is 178 Å². The largest absolute Gasteiger partial charge is 0.414 e. The Bertz CT molecular complexity index is 720. The van der Waals surface area contributed by atoms with Crippen LogP contribution in [0.1, 0.15) is 79.6 Å². The molecule has 0 aliphatic heterocycles. The zero-order valence-electron chi connectivity index (χ0n) is 19.7. The van der Waals surface area contributed by atoms with Crippen LogP contribution in [0, 0.1) is 28.6 Å². The zero-order valence-corrected chi connectivity index (χ0v) is 20.7. The van der Waals surface area contributed by atoms with E-state index in [0.717, 1.165) is 38.5 Å².